The van der Waals surface area contributed by atoms with Gasteiger partial charge in [-0.25, -0.2) is 8.42 Å². The second-order valence-electron chi connectivity index (χ2n) is 3.42. The Morgan fingerprint density at radius 2 is 1.87 bits per heavy atom. The fourth-order valence-corrected chi connectivity index (χ4v) is 2.68. The summed E-state index contributed by atoms with van der Waals surface area (Å²) < 4.78 is 22.6. The number of aryl methyl sites for hydroxylation is 1. The molecule has 0 aliphatic heterocycles. The minimum Gasteiger partial charge on any atom is -0.207 e. The van der Waals surface area contributed by atoms with Crippen LogP contribution in [0.4, 0.5) is 0 Å². The first-order valence-corrected chi connectivity index (χ1v) is 6.73. The van der Waals surface area contributed by atoms with Gasteiger partial charge in [0.05, 0.1) is 4.90 Å². The van der Waals surface area contributed by atoms with Crippen molar-refractivity contribution in [2.45, 2.75) is 11.8 Å². The molecule has 0 atom stereocenters. The Kier molecular flexibility index (Phi) is 2.44. The first-order chi connectivity index (χ1) is 6.98. The number of fused-ring (bicyclic) bond motifs is 1. The second kappa shape index (κ2) is 3.51. The lowest BCUT2D eigenvalue weighted by atomic mass is 10.1. The Balaban J connectivity index is 2.89. The van der Waals surface area contributed by atoms with Crippen LogP contribution in [0.15, 0.2) is 41.3 Å². The lowest BCUT2D eigenvalue weighted by molar-refractivity contribution is 0.610. The van der Waals surface area contributed by atoms with Gasteiger partial charge in [-0.2, -0.15) is 0 Å². The maximum Gasteiger partial charge on any atom is 0.261 e. The molecule has 0 amide bonds. The summed E-state index contributed by atoms with van der Waals surface area (Å²) in [5.41, 5.74) is 1.09. The normalized spacial score (nSPS) is 11.9. The van der Waals surface area contributed by atoms with E-state index in [0.29, 0.717) is 5.39 Å². The summed E-state index contributed by atoms with van der Waals surface area (Å²) in [6.45, 7) is 1.96. The smallest absolute Gasteiger partial charge is 0.207 e. The molecule has 0 heterocycles. The van der Waals surface area contributed by atoms with Crippen LogP contribution < -0.4 is 0 Å². The molecule has 0 bridgehead atoms. The van der Waals surface area contributed by atoms with E-state index in [-0.39, 0.29) is 4.90 Å². The monoisotopic (exact) mass is 240 g/mol. The summed E-state index contributed by atoms with van der Waals surface area (Å²) in [5, 5.41) is 1.55. The Bertz CT molecular complexity index is 618. The van der Waals surface area contributed by atoms with E-state index in [1.165, 1.54) is 6.07 Å². The van der Waals surface area contributed by atoms with Crippen LogP contribution in [-0.4, -0.2) is 8.42 Å². The lowest BCUT2D eigenvalue weighted by Crippen LogP contribution is -1.91. The summed E-state index contributed by atoms with van der Waals surface area (Å²) >= 11 is 0. The molecule has 2 aromatic carbocycles. The molecule has 2 rings (SSSR count). The zero-order valence-corrected chi connectivity index (χ0v) is 9.64. The van der Waals surface area contributed by atoms with Gasteiger partial charge in [0.25, 0.3) is 9.05 Å². The van der Waals surface area contributed by atoms with Crippen LogP contribution in [0.3, 0.4) is 0 Å². The molecule has 0 aromatic heterocycles. The zero-order chi connectivity index (χ0) is 11.1. The van der Waals surface area contributed by atoms with Crippen LogP contribution in [0, 0.1) is 6.92 Å². The van der Waals surface area contributed by atoms with Crippen LogP contribution >= 0.6 is 10.7 Å². The number of benzene rings is 2. The molecule has 0 N–H and O–H groups in total. The van der Waals surface area contributed by atoms with Crippen molar-refractivity contribution in [2.75, 3.05) is 0 Å². The van der Waals surface area contributed by atoms with Gasteiger partial charge in [-0.3, -0.25) is 0 Å². The average Bonchev–Trinajstić information content (AvgIpc) is 2.15. The lowest BCUT2D eigenvalue weighted by Gasteiger charge is -2.03. The SMILES string of the molecule is Cc1ccc2c(S(=O)(=O)Cl)cccc2c1. The second-order valence-corrected chi connectivity index (χ2v) is 5.95. The van der Waals surface area contributed by atoms with E-state index < -0.39 is 9.05 Å². The molecule has 2 nitrogen and oxygen atoms in total. The molecule has 0 saturated heterocycles. The average molecular weight is 241 g/mol. The van der Waals surface area contributed by atoms with Crippen molar-refractivity contribution in [3.8, 4) is 0 Å². The third kappa shape index (κ3) is 1.98. The first kappa shape index (κ1) is 10.5. The predicted molar refractivity (Wildman–Crippen MR) is 61.7 cm³/mol. The van der Waals surface area contributed by atoms with Crippen molar-refractivity contribution in [1.82, 2.24) is 0 Å². The van der Waals surface area contributed by atoms with Gasteiger partial charge in [0, 0.05) is 16.1 Å². The van der Waals surface area contributed by atoms with Gasteiger partial charge in [-0.05, 0) is 18.4 Å². The standard InChI is InChI=1S/C11H9ClO2S/c1-8-5-6-10-9(7-8)3-2-4-11(10)15(12,13)14/h2-7H,1H3. The molecular weight excluding hydrogens is 232 g/mol. The van der Waals surface area contributed by atoms with Crippen molar-refractivity contribution in [3.63, 3.8) is 0 Å². The van der Waals surface area contributed by atoms with E-state index in [9.17, 15) is 8.42 Å². The molecule has 0 saturated carbocycles. The Morgan fingerprint density at radius 1 is 1.13 bits per heavy atom. The summed E-state index contributed by atoms with van der Waals surface area (Å²) in [4.78, 5) is 0.168. The van der Waals surface area contributed by atoms with E-state index in [1.807, 2.05) is 25.1 Å². The van der Waals surface area contributed by atoms with Crippen molar-refractivity contribution >= 4 is 30.5 Å². The highest BCUT2D eigenvalue weighted by Gasteiger charge is 2.13. The first-order valence-electron chi connectivity index (χ1n) is 4.42. The van der Waals surface area contributed by atoms with Crippen molar-refractivity contribution < 1.29 is 8.42 Å². The topological polar surface area (TPSA) is 34.1 Å². The fourth-order valence-electron chi connectivity index (χ4n) is 1.59. The van der Waals surface area contributed by atoms with Crippen molar-refractivity contribution in [2.24, 2.45) is 0 Å². The van der Waals surface area contributed by atoms with Gasteiger partial charge in [-0.1, -0.05) is 35.9 Å². The van der Waals surface area contributed by atoms with Gasteiger partial charge in [0.15, 0.2) is 0 Å². The van der Waals surface area contributed by atoms with Crippen LogP contribution in [0.5, 0.6) is 0 Å². The number of hydrogen-bond donors (Lipinski definition) is 0. The third-order valence-electron chi connectivity index (χ3n) is 2.26. The van der Waals surface area contributed by atoms with Gasteiger partial charge < -0.3 is 0 Å². The Hall–Kier alpha value is -1.06. The Labute approximate surface area is 92.9 Å². The quantitative estimate of drug-likeness (QED) is 0.718. The van der Waals surface area contributed by atoms with Crippen LogP contribution in [0.2, 0.25) is 0 Å². The van der Waals surface area contributed by atoms with Crippen LogP contribution in [0.25, 0.3) is 10.8 Å². The molecule has 15 heavy (non-hydrogen) atoms. The molecular formula is C11H9ClO2S. The zero-order valence-electron chi connectivity index (χ0n) is 8.07. The minimum absolute atomic E-state index is 0.168. The van der Waals surface area contributed by atoms with E-state index >= 15 is 0 Å². The van der Waals surface area contributed by atoms with Crippen LogP contribution in [-0.2, 0) is 9.05 Å². The van der Waals surface area contributed by atoms with Crippen molar-refractivity contribution in [1.29, 1.82) is 0 Å². The van der Waals surface area contributed by atoms with Gasteiger partial charge in [0.2, 0.25) is 0 Å². The highest BCUT2D eigenvalue weighted by Crippen LogP contribution is 2.26. The molecule has 78 valence electrons. The molecule has 0 unspecified atom stereocenters. The maximum absolute atomic E-state index is 11.3. The molecule has 0 aliphatic carbocycles. The van der Waals surface area contributed by atoms with E-state index in [4.69, 9.17) is 10.7 Å². The van der Waals surface area contributed by atoms with Crippen LogP contribution in [0.1, 0.15) is 5.56 Å². The summed E-state index contributed by atoms with van der Waals surface area (Å²) in [7, 11) is 1.68. The van der Waals surface area contributed by atoms with E-state index in [1.54, 1.807) is 12.1 Å². The fraction of sp³-hybridized carbons (Fsp3) is 0.0909. The van der Waals surface area contributed by atoms with Gasteiger partial charge >= 0.3 is 0 Å². The highest BCUT2D eigenvalue weighted by molar-refractivity contribution is 8.14. The molecule has 2 aromatic rings. The number of rotatable bonds is 1. The van der Waals surface area contributed by atoms with Crippen molar-refractivity contribution in [3.05, 3.63) is 42.0 Å². The molecule has 0 radical (unpaired) electrons. The third-order valence-corrected chi connectivity index (χ3v) is 3.64. The molecule has 0 aliphatic rings. The maximum atomic E-state index is 11.3. The summed E-state index contributed by atoms with van der Waals surface area (Å²) in [6, 6.07) is 10.7. The number of halogens is 1. The van der Waals surface area contributed by atoms with E-state index in [2.05, 4.69) is 0 Å². The Morgan fingerprint density at radius 3 is 2.53 bits per heavy atom. The largest absolute Gasteiger partial charge is 0.261 e. The summed E-state index contributed by atoms with van der Waals surface area (Å²) in [5.74, 6) is 0. The predicted octanol–water partition coefficient (Wildman–Crippen LogP) is 3.08. The summed E-state index contributed by atoms with van der Waals surface area (Å²) in [6.07, 6.45) is 0. The van der Waals surface area contributed by atoms with E-state index in [0.717, 1.165) is 10.9 Å². The molecule has 0 spiro atoms. The number of hydrogen-bond acceptors (Lipinski definition) is 2. The molecule has 4 heteroatoms. The van der Waals surface area contributed by atoms with Gasteiger partial charge in [0.1, 0.15) is 0 Å². The minimum atomic E-state index is -3.67. The molecule has 0 fully saturated rings. The van der Waals surface area contributed by atoms with Gasteiger partial charge in [-0.15, -0.1) is 0 Å². The highest BCUT2D eigenvalue weighted by atomic mass is 35.7.